The van der Waals surface area contributed by atoms with Gasteiger partial charge in [0.2, 0.25) is 0 Å². The van der Waals surface area contributed by atoms with Crippen LogP contribution in [-0.4, -0.2) is 12.7 Å². The summed E-state index contributed by atoms with van der Waals surface area (Å²) in [5.41, 5.74) is 2.65. The summed E-state index contributed by atoms with van der Waals surface area (Å²) in [5, 5.41) is 0. The molecule has 2 atom stereocenters. The minimum atomic E-state index is 0.316. The van der Waals surface area contributed by atoms with Crippen molar-refractivity contribution >= 4 is 0 Å². The quantitative estimate of drug-likeness (QED) is 0.481. The van der Waals surface area contributed by atoms with E-state index in [2.05, 4.69) is 13.2 Å². The van der Waals surface area contributed by atoms with Gasteiger partial charge in [-0.15, -0.1) is 0 Å². The Morgan fingerprint density at radius 3 is 2.64 bits per heavy atom. The van der Waals surface area contributed by atoms with E-state index in [1.807, 2.05) is 0 Å². The molecule has 2 rings (SSSR count). The van der Waals surface area contributed by atoms with Crippen LogP contribution in [0.25, 0.3) is 0 Å². The van der Waals surface area contributed by atoms with Gasteiger partial charge in [0.1, 0.15) is 0 Å². The lowest BCUT2D eigenvalue weighted by Crippen LogP contribution is -2.24. The normalized spacial score (nSPS) is 37.5. The molecule has 0 radical (unpaired) electrons. The fourth-order valence-electron chi connectivity index (χ4n) is 2.06. The van der Waals surface area contributed by atoms with Crippen molar-refractivity contribution in [3.05, 3.63) is 24.3 Å². The van der Waals surface area contributed by atoms with E-state index in [9.17, 15) is 0 Å². The molecule has 1 heteroatoms. The van der Waals surface area contributed by atoms with Gasteiger partial charge in [0.15, 0.2) is 0 Å². The second-order valence-corrected chi connectivity index (χ2v) is 3.50. The van der Waals surface area contributed by atoms with Crippen molar-refractivity contribution < 1.29 is 4.74 Å². The topological polar surface area (TPSA) is 9.23 Å². The summed E-state index contributed by atoms with van der Waals surface area (Å²) in [4.78, 5) is 0. The largest absolute Gasteiger partial charge is 0.373 e. The van der Waals surface area contributed by atoms with Crippen LogP contribution in [0.3, 0.4) is 0 Å². The van der Waals surface area contributed by atoms with Gasteiger partial charge in [-0.05, 0) is 24.8 Å². The zero-order valence-corrected chi connectivity index (χ0v) is 6.81. The molecule has 0 aromatic carbocycles. The molecule has 0 N–H and O–H groups in total. The van der Waals surface area contributed by atoms with Crippen LogP contribution in [0.5, 0.6) is 0 Å². The van der Waals surface area contributed by atoms with Gasteiger partial charge < -0.3 is 4.74 Å². The third-order valence-electron chi connectivity index (χ3n) is 2.79. The Hall–Kier alpha value is -0.560. The van der Waals surface area contributed by atoms with Crippen molar-refractivity contribution in [3.63, 3.8) is 0 Å². The molecule has 1 nitrogen and oxygen atoms in total. The summed E-state index contributed by atoms with van der Waals surface area (Å²) in [7, 11) is 0. The molecule has 1 aliphatic heterocycles. The van der Waals surface area contributed by atoms with Crippen molar-refractivity contribution in [1.29, 1.82) is 0 Å². The monoisotopic (exact) mass is 150 g/mol. The van der Waals surface area contributed by atoms with Gasteiger partial charge in [0.25, 0.3) is 0 Å². The van der Waals surface area contributed by atoms with Crippen LogP contribution < -0.4 is 0 Å². The van der Waals surface area contributed by atoms with Gasteiger partial charge in [0, 0.05) is 12.5 Å². The maximum atomic E-state index is 5.58. The fourth-order valence-corrected chi connectivity index (χ4v) is 2.06. The van der Waals surface area contributed by atoms with E-state index in [0.717, 1.165) is 25.9 Å². The van der Waals surface area contributed by atoms with Crippen LogP contribution in [0.1, 0.15) is 19.3 Å². The molecular weight excluding hydrogens is 136 g/mol. The van der Waals surface area contributed by atoms with Gasteiger partial charge in [-0.25, -0.2) is 0 Å². The Labute approximate surface area is 67.7 Å². The first-order valence-electron chi connectivity index (χ1n) is 4.26. The van der Waals surface area contributed by atoms with Crippen LogP contribution >= 0.6 is 0 Å². The molecule has 0 aromatic heterocycles. The average molecular weight is 150 g/mol. The molecule has 0 amide bonds. The zero-order chi connectivity index (χ0) is 7.84. The average Bonchev–Trinajstić information content (AvgIpc) is 2.45. The molecule has 1 saturated heterocycles. The summed E-state index contributed by atoms with van der Waals surface area (Å²) in [6.07, 6.45) is 3.68. The molecule has 0 bridgehead atoms. The van der Waals surface area contributed by atoms with Gasteiger partial charge in [-0.1, -0.05) is 18.7 Å². The van der Waals surface area contributed by atoms with E-state index in [1.54, 1.807) is 0 Å². The summed E-state index contributed by atoms with van der Waals surface area (Å²) in [6.45, 7) is 8.99. The van der Waals surface area contributed by atoms with E-state index in [1.165, 1.54) is 11.1 Å². The van der Waals surface area contributed by atoms with Crippen molar-refractivity contribution in [2.45, 2.75) is 25.4 Å². The lowest BCUT2D eigenvalue weighted by Gasteiger charge is -2.28. The Morgan fingerprint density at radius 2 is 1.91 bits per heavy atom. The summed E-state index contributed by atoms with van der Waals surface area (Å²) in [6, 6.07) is 0. The molecule has 0 aromatic rings. The highest BCUT2D eigenvalue weighted by Gasteiger charge is 2.34. The van der Waals surface area contributed by atoms with Gasteiger partial charge in [-0.3, -0.25) is 0 Å². The van der Waals surface area contributed by atoms with Crippen molar-refractivity contribution in [2.24, 2.45) is 5.92 Å². The van der Waals surface area contributed by atoms with Crippen LogP contribution in [0.15, 0.2) is 24.3 Å². The lowest BCUT2D eigenvalue weighted by atomic mass is 9.80. The molecular formula is C10H14O. The minimum absolute atomic E-state index is 0.316. The highest BCUT2D eigenvalue weighted by Crippen LogP contribution is 2.39. The van der Waals surface area contributed by atoms with Crippen molar-refractivity contribution in [1.82, 2.24) is 0 Å². The Kier molecular flexibility index (Phi) is 1.61. The molecule has 2 fully saturated rings. The molecule has 0 spiro atoms. The van der Waals surface area contributed by atoms with E-state index < -0.39 is 0 Å². The molecule has 1 heterocycles. The molecule has 11 heavy (non-hydrogen) atoms. The predicted octanol–water partition coefficient (Wildman–Crippen LogP) is 2.30. The highest BCUT2D eigenvalue weighted by atomic mass is 16.5. The summed E-state index contributed by atoms with van der Waals surface area (Å²) < 4.78 is 5.58. The second kappa shape index (κ2) is 2.49. The first kappa shape index (κ1) is 7.11. The van der Waals surface area contributed by atoms with Gasteiger partial charge in [-0.2, -0.15) is 0 Å². The van der Waals surface area contributed by atoms with Crippen LogP contribution in [0, 0.1) is 5.92 Å². The first-order chi connectivity index (χ1) is 5.29. The highest BCUT2D eigenvalue weighted by molar-refractivity contribution is 5.22. The fraction of sp³-hybridized carbons (Fsp3) is 0.600. The van der Waals surface area contributed by atoms with E-state index in [0.29, 0.717) is 12.0 Å². The molecule has 1 saturated carbocycles. The number of rotatable bonds is 0. The summed E-state index contributed by atoms with van der Waals surface area (Å²) >= 11 is 0. The maximum Gasteiger partial charge on any atom is 0.0848 e. The Balaban J connectivity index is 2.20. The molecule has 60 valence electrons. The van der Waals surface area contributed by atoms with E-state index in [-0.39, 0.29) is 0 Å². The second-order valence-electron chi connectivity index (χ2n) is 3.50. The number of ether oxygens (including phenoxy) is 1. The number of hydrogen-bond acceptors (Lipinski definition) is 1. The van der Waals surface area contributed by atoms with Crippen molar-refractivity contribution in [2.75, 3.05) is 6.61 Å². The smallest absolute Gasteiger partial charge is 0.0848 e. The van der Waals surface area contributed by atoms with E-state index >= 15 is 0 Å². The SMILES string of the molecule is C=C1CCC(=C)C2OCCC12. The number of hydrogen-bond donors (Lipinski definition) is 0. The third-order valence-corrected chi connectivity index (χ3v) is 2.79. The summed E-state index contributed by atoms with van der Waals surface area (Å²) in [5.74, 6) is 0.594. The van der Waals surface area contributed by atoms with Crippen LogP contribution in [0.4, 0.5) is 0 Å². The first-order valence-corrected chi connectivity index (χ1v) is 4.26. The maximum absolute atomic E-state index is 5.58. The molecule has 1 aliphatic carbocycles. The molecule has 2 unspecified atom stereocenters. The zero-order valence-electron chi connectivity index (χ0n) is 6.81. The van der Waals surface area contributed by atoms with E-state index in [4.69, 9.17) is 4.74 Å². The van der Waals surface area contributed by atoms with Gasteiger partial charge >= 0.3 is 0 Å². The third kappa shape index (κ3) is 1.04. The predicted molar refractivity (Wildman–Crippen MR) is 45.4 cm³/mol. The standard InChI is InChI=1S/C10H14O/c1-7-3-4-8(2)10-9(7)5-6-11-10/h9-10H,1-6H2. The van der Waals surface area contributed by atoms with Gasteiger partial charge in [0.05, 0.1) is 6.10 Å². The number of fused-ring (bicyclic) bond motifs is 1. The van der Waals surface area contributed by atoms with Crippen LogP contribution in [-0.2, 0) is 4.74 Å². The Bertz CT molecular complexity index is 183. The molecule has 2 aliphatic rings. The lowest BCUT2D eigenvalue weighted by molar-refractivity contribution is 0.117. The minimum Gasteiger partial charge on any atom is -0.373 e. The Morgan fingerprint density at radius 1 is 1.18 bits per heavy atom. The van der Waals surface area contributed by atoms with Crippen molar-refractivity contribution in [3.8, 4) is 0 Å². The van der Waals surface area contributed by atoms with Crippen LogP contribution in [0.2, 0.25) is 0 Å².